The lowest BCUT2D eigenvalue weighted by atomic mass is 10.1. The third-order valence-corrected chi connectivity index (χ3v) is 4.38. The molecule has 1 heterocycles. The highest BCUT2D eigenvalue weighted by molar-refractivity contribution is 6.05. The van der Waals surface area contributed by atoms with Gasteiger partial charge in [0.05, 0.1) is 12.4 Å². The number of carbonyl (C=O) groups excluding carboxylic acids is 2. The zero-order chi connectivity index (χ0) is 22.2. The Hall–Kier alpha value is -3.80. The van der Waals surface area contributed by atoms with Crippen LogP contribution in [0, 0.1) is 6.92 Å². The van der Waals surface area contributed by atoms with E-state index in [-0.39, 0.29) is 17.7 Å². The Bertz CT molecular complexity index is 1030. The van der Waals surface area contributed by atoms with E-state index >= 15 is 0 Å². The van der Waals surface area contributed by atoms with E-state index in [0.29, 0.717) is 17.9 Å². The van der Waals surface area contributed by atoms with Crippen LogP contribution in [-0.2, 0) is 11.3 Å². The van der Waals surface area contributed by atoms with Crippen molar-refractivity contribution in [3.05, 3.63) is 95.1 Å². The summed E-state index contributed by atoms with van der Waals surface area (Å²) < 4.78 is 10.9. The van der Waals surface area contributed by atoms with Gasteiger partial charge in [0.2, 0.25) is 0 Å². The van der Waals surface area contributed by atoms with Crippen LogP contribution in [0.2, 0.25) is 0 Å². The zero-order valence-electron chi connectivity index (χ0n) is 17.8. The summed E-state index contributed by atoms with van der Waals surface area (Å²) in [4.78, 5) is 25.4. The van der Waals surface area contributed by atoms with Gasteiger partial charge in [-0.3, -0.25) is 9.59 Å². The summed E-state index contributed by atoms with van der Waals surface area (Å²) in [6.45, 7) is 6.17. The number of hydrogen-bond acceptors (Lipinski definition) is 4. The monoisotopic (exact) mass is 418 g/mol. The summed E-state index contributed by atoms with van der Waals surface area (Å²) in [6.07, 6.45) is 3.10. The lowest BCUT2D eigenvalue weighted by Gasteiger charge is -2.12. The van der Waals surface area contributed by atoms with Gasteiger partial charge < -0.3 is 19.8 Å². The summed E-state index contributed by atoms with van der Waals surface area (Å²) in [5.41, 5.74) is 2.52. The average molecular weight is 418 g/mol. The molecule has 0 saturated heterocycles. The summed E-state index contributed by atoms with van der Waals surface area (Å²) in [5, 5.41) is 5.52. The quantitative estimate of drug-likeness (QED) is 0.529. The van der Waals surface area contributed by atoms with Gasteiger partial charge in [0.1, 0.15) is 17.2 Å². The summed E-state index contributed by atoms with van der Waals surface area (Å²) in [6, 6.07) is 18.0. The van der Waals surface area contributed by atoms with Gasteiger partial charge in [0.25, 0.3) is 11.8 Å². The molecule has 3 rings (SSSR count). The maximum atomic E-state index is 12.8. The van der Waals surface area contributed by atoms with Crippen molar-refractivity contribution in [1.29, 1.82) is 0 Å². The largest absolute Gasteiger partial charge is 0.491 e. The summed E-state index contributed by atoms with van der Waals surface area (Å²) in [5.74, 6) is 0.445. The van der Waals surface area contributed by atoms with Gasteiger partial charge in [-0.25, -0.2) is 0 Å². The first-order valence-corrected chi connectivity index (χ1v) is 10.1. The van der Waals surface area contributed by atoms with E-state index in [2.05, 4.69) is 10.6 Å². The number of hydrogen-bond donors (Lipinski definition) is 2. The number of rotatable bonds is 8. The van der Waals surface area contributed by atoms with Crippen molar-refractivity contribution in [2.75, 3.05) is 0 Å². The minimum Gasteiger partial charge on any atom is -0.491 e. The molecule has 2 N–H and O–H groups in total. The molecule has 6 nitrogen and oxygen atoms in total. The smallest absolute Gasteiger partial charge is 0.268 e. The molecule has 160 valence electrons. The number of amides is 2. The van der Waals surface area contributed by atoms with E-state index in [1.165, 1.54) is 12.3 Å². The molecule has 0 aliphatic carbocycles. The molecule has 0 radical (unpaired) electrons. The van der Waals surface area contributed by atoms with Crippen molar-refractivity contribution in [1.82, 2.24) is 10.6 Å². The third kappa shape index (κ3) is 6.60. The fourth-order valence-corrected chi connectivity index (χ4v) is 2.81. The van der Waals surface area contributed by atoms with Crippen molar-refractivity contribution in [3.8, 4) is 5.75 Å². The molecule has 31 heavy (non-hydrogen) atoms. The zero-order valence-corrected chi connectivity index (χ0v) is 17.8. The summed E-state index contributed by atoms with van der Waals surface area (Å²) in [7, 11) is 0. The number of aryl methyl sites for hydroxylation is 1. The van der Waals surface area contributed by atoms with Gasteiger partial charge in [-0.2, -0.15) is 0 Å². The molecular weight excluding hydrogens is 392 g/mol. The van der Waals surface area contributed by atoms with Gasteiger partial charge in [-0.15, -0.1) is 0 Å². The fourth-order valence-electron chi connectivity index (χ4n) is 2.81. The Labute approximate surface area is 181 Å². The van der Waals surface area contributed by atoms with Crippen LogP contribution in [0.3, 0.4) is 0 Å². The van der Waals surface area contributed by atoms with Crippen molar-refractivity contribution >= 4 is 17.9 Å². The first-order chi connectivity index (χ1) is 14.9. The molecule has 1 aromatic heterocycles. The second kappa shape index (κ2) is 10.3. The standard InChI is InChI=1S/C25H26N2O4/c1-17(2)31-21-12-8-19(9-13-21)16-26-25(29)23(15-22-5-4-14-30-22)27-24(28)20-10-6-18(3)7-11-20/h4-15,17H,16H2,1-3H3,(H,26,29)(H,27,28)/b23-15-. The third-order valence-electron chi connectivity index (χ3n) is 4.38. The molecule has 0 spiro atoms. The van der Waals surface area contributed by atoms with E-state index < -0.39 is 5.91 Å². The van der Waals surface area contributed by atoms with Crippen LogP contribution in [0.5, 0.6) is 5.75 Å². The molecule has 0 bridgehead atoms. The van der Waals surface area contributed by atoms with Gasteiger partial charge in [-0.1, -0.05) is 29.8 Å². The van der Waals surface area contributed by atoms with Crippen LogP contribution in [0.25, 0.3) is 6.08 Å². The highest BCUT2D eigenvalue weighted by Gasteiger charge is 2.15. The number of nitrogens with one attached hydrogen (secondary N) is 2. The van der Waals surface area contributed by atoms with Crippen molar-refractivity contribution < 1.29 is 18.7 Å². The molecule has 2 amide bonds. The van der Waals surface area contributed by atoms with E-state index in [0.717, 1.165) is 16.9 Å². The molecule has 0 atom stereocenters. The lowest BCUT2D eigenvalue weighted by Crippen LogP contribution is -2.34. The lowest BCUT2D eigenvalue weighted by molar-refractivity contribution is -0.117. The first-order valence-electron chi connectivity index (χ1n) is 10.1. The number of furan rings is 1. The molecule has 0 aliphatic heterocycles. The van der Waals surface area contributed by atoms with E-state index in [9.17, 15) is 9.59 Å². The van der Waals surface area contributed by atoms with Crippen LogP contribution >= 0.6 is 0 Å². The Kier molecular flexibility index (Phi) is 7.27. The van der Waals surface area contributed by atoms with Gasteiger partial charge in [-0.05, 0) is 62.7 Å². The average Bonchev–Trinajstić information content (AvgIpc) is 3.26. The van der Waals surface area contributed by atoms with Crippen molar-refractivity contribution in [2.24, 2.45) is 0 Å². The number of ether oxygens (including phenoxy) is 1. The van der Waals surface area contributed by atoms with Crippen LogP contribution in [0.15, 0.2) is 77.0 Å². The van der Waals surface area contributed by atoms with Crippen molar-refractivity contribution in [2.45, 2.75) is 33.4 Å². The van der Waals surface area contributed by atoms with E-state index in [4.69, 9.17) is 9.15 Å². The second-order valence-electron chi connectivity index (χ2n) is 7.39. The maximum absolute atomic E-state index is 12.8. The molecule has 0 fully saturated rings. The second-order valence-corrected chi connectivity index (χ2v) is 7.39. The van der Waals surface area contributed by atoms with Gasteiger partial charge in [0.15, 0.2) is 0 Å². The van der Waals surface area contributed by atoms with Crippen LogP contribution in [0.1, 0.15) is 41.1 Å². The van der Waals surface area contributed by atoms with Crippen molar-refractivity contribution in [3.63, 3.8) is 0 Å². The summed E-state index contributed by atoms with van der Waals surface area (Å²) >= 11 is 0. The highest BCUT2D eigenvalue weighted by atomic mass is 16.5. The molecule has 0 unspecified atom stereocenters. The predicted molar refractivity (Wildman–Crippen MR) is 119 cm³/mol. The SMILES string of the molecule is Cc1ccc(C(=O)N/C(=C\c2ccco2)C(=O)NCc2ccc(OC(C)C)cc2)cc1. The van der Waals surface area contributed by atoms with Crippen LogP contribution in [-0.4, -0.2) is 17.9 Å². The Morgan fingerprint density at radius 3 is 2.35 bits per heavy atom. The minimum absolute atomic E-state index is 0.0944. The Morgan fingerprint density at radius 2 is 1.74 bits per heavy atom. The molecular formula is C25H26N2O4. The highest BCUT2D eigenvalue weighted by Crippen LogP contribution is 2.14. The Morgan fingerprint density at radius 1 is 1.03 bits per heavy atom. The molecule has 2 aromatic carbocycles. The van der Waals surface area contributed by atoms with Gasteiger partial charge in [0, 0.05) is 18.2 Å². The molecule has 0 saturated carbocycles. The van der Waals surface area contributed by atoms with E-state index in [1.54, 1.807) is 24.3 Å². The normalized spacial score (nSPS) is 11.3. The predicted octanol–water partition coefficient (Wildman–Crippen LogP) is 4.46. The van der Waals surface area contributed by atoms with E-state index in [1.807, 2.05) is 57.2 Å². The minimum atomic E-state index is -0.417. The van der Waals surface area contributed by atoms with Crippen LogP contribution in [0.4, 0.5) is 0 Å². The number of benzene rings is 2. The molecule has 0 aliphatic rings. The first kappa shape index (κ1) is 21.9. The van der Waals surface area contributed by atoms with Crippen LogP contribution < -0.4 is 15.4 Å². The maximum Gasteiger partial charge on any atom is 0.268 e. The molecule has 6 heteroatoms. The Balaban J connectivity index is 1.69. The number of carbonyl (C=O) groups is 2. The molecule has 3 aromatic rings. The topological polar surface area (TPSA) is 80.6 Å². The van der Waals surface area contributed by atoms with Gasteiger partial charge >= 0.3 is 0 Å². The fraction of sp³-hybridized carbons (Fsp3) is 0.200.